The summed E-state index contributed by atoms with van der Waals surface area (Å²) in [5.74, 6) is -18.5. The molecule has 2 aliphatic heterocycles. The molecular formula is C68H97N23O20S2. The van der Waals surface area contributed by atoms with Crippen molar-refractivity contribution in [3.8, 4) is 5.75 Å². The van der Waals surface area contributed by atoms with Crippen LogP contribution in [0, 0.1) is 5.41 Å². The smallest absolute Gasteiger partial charge is 0.312 e. The zero-order valence-corrected chi connectivity index (χ0v) is 63.2. The molecule has 4 aromatic rings. The van der Waals surface area contributed by atoms with Gasteiger partial charge >= 0.3 is 18.0 Å². The number of thiol groups is 2. The Morgan fingerprint density at radius 2 is 1.27 bits per heavy atom. The number of hydrogen-bond acceptors (Lipinski definition) is 24. The number of phenols is 1. The number of nitrogens with two attached hydrogens (primary N) is 4. The van der Waals surface area contributed by atoms with Crippen molar-refractivity contribution in [1.29, 1.82) is 5.41 Å². The predicted octanol–water partition coefficient (Wildman–Crippen LogP) is -7.13. The molecular weight excluding hydrogens is 1520 g/mol. The first-order chi connectivity index (χ1) is 53.7. The number of primary amides is 2. The highest BCUT2D eigenvalue weighted by Gasteiger charge is 2.43. The number of aromatic hydroxyl groups is 1. The second kappa shape index (κ2) is 44.2. The Labute approximate surface area is 656 Å². The molecule has 2 aromatic heterocycles. The van der Waals surface area contributed by atoms with Gasteiger partial charge in [-0.2, -0.15) is 25.3 Å². The maximum absolute atomic E-state index is 15.2. The number of aliphatic hydroxyl groups excluding tert-OH is 1. The number of aliphatic carboxylic acids is 2. The summed E-state index contributed by atoms with van der Waals surface area (Å²) in [7, 11) is 0. The largest absolute Gasteiger partial charge is 0.508 e. The van der Waals surface area contributed by atoms with Crippen LogP contribution >= 0.6 is 25.3 Å². The van der Waals surface area contributed by atoms with E-state index in [1.54, 1.807) is 30.5 Å². The Morgan fingerprint density at radius 3 is 1.88 bits per heavy atom. The minimum Gasteiger partial charge on any atom is -0.508 e. The zero-order valence-electron chi connectivity index (χ0n) is 61.4. The molecule has 45 heteroatoms. The van der Waals surface area contributed by atoms with E-state index in [9.17, 15) is 92.3 Å². The fourth-order valence-corrected chi connectivity index (χ4v) is 12.8. The van der Waals surface area contributed by atoms with Gasteiger partial charge in [-0.3, -0.25) is 82.0 Å². The average molecular weight is 1620 g/mol. The van der Waals surface area contributed by atoms with Gasteiger partial charge in [-0.15, -0.1) is 5.10 Å². The number of carboxylic acid groups (broad SMARTS) is 2. The number of urea groups is 1. The number of aliphatic hydroxyl groups is 1. The van der Waals surface area contributed by atoms with Crippen LogP contribution in [0.4, 0.5) is 4.79 Å². The van der Waals surface area contributed by atoms with Gasteiger partial charge in [0.25, 0.3) is 0 Å². The number of aromatic nitrogens is 4. The molecule has 0 aliphatic carbocycles. The number of para-hydroxylation sites is 1. The molecule has 0 radical (unpaired) electrons. The van der Waals surface area contributed by atoms with E-state index in [2.05, 4.69) is 110 Å². The third kappa shape index (κ3) is 28.4. The molecule has 0 spiro atoms. The van der Waals surface area contributed by atoms with E-state index < -0.39 is 224 Å². The van der Waals surface area contributed by atoms with Gasteiger partial charge in [0, 0.05) is 80.2 Å². The van der Waals surface area contributed by atoms with E-state index in [0.717, 1.165) is 11.8 Å². The molecule has 6 rings (SSSR count). The number of carbonyl (C=O) groups excluding carboxylic acids is 14. The van der Waals surface area contributed by atoms with Gasteiger partial charge in [-0.1, -0.05) is 35.5 Å². The highest BCUT2D eigenvalue weighted by molar-refractivity contribution is 7.80. The number of rotatable bonds is 27. The molecule has 616 valence electrons. The zero-order chi connectivity index (χ0) is 83.2. The normalized spacial score (nSPS) is 22.5. The first-order valence-corrected chi connectivity index (χ1v) is 37.2. The van der Waals surface area contributed by atoms with E-state index in [0.29, 0.717) is 16.5 Å². The Kier molecular flexibility index (Phi) is 35.2. The molecule has 27 N–H and O–H groups in total. The van der Waals surface area contributed by atoms with Crippen molar-refractivity contribution in [2.75, 3.05) is 37.7 Å². The minimum atomic E-state index is -2.06. The van der Waals surface area contributed by atoms with Crippen LogP contribution < -0.4 is 92.1 Å². The SMILES string of the molecule is C[C@@H](O)[C@@H]1NC(=O)[C@@H](NC(=O)[C@H](CS)NC(=O)CN)Cc2cn(nn2)CCC[C@H](C(=O)N[C@H](CC(=O)O)c2ccc(O)cc2)NC(=O)[C@H](CCC(N)=O)NC(=O)[C@H](Cc2c[nH]c3ccccc23)NC(=O)[C@H](CCCNC(N)=O)NC(=O)[C@H](CS)NC(=O)[C@H](CCCNC(=N)N)NC(=O)[C@@H]2CCCN2C(=O)[C@H](CC(=O)O)NC1=O. The van der Waals surface area contributed by atoms with Gasteiger partial charge in [0.2, 0.25) is 76.8 Å². The van der Waals surface area contributed by atoms with Crippen molar-refractivity contribution in [1.82, 2.24) is 94.0 Å². The fraction of sp³-hybridized carbons (Fsp3) is 0.515. The number of H-pyrrole nitrogens is 1. The number of hydrogen-bond donors (Lipinski definition) is 25. The Hall–Kier alpha value is -11.9. The van der Waals surface area contributed by atoms with Crippen molar-refractivity contribution in [2.45, 2.75) is 182 Å². The average Bonchev–Trinajstić information content (AvgIpc) is 1.72. The van der Waals surface area contributed by atoms with E-state index in [1.807, 2.05) is 0 Å². The predicted molar refractivity (Wildman–Crippen MR) is 405 cm³/mol. The lowest BCUT2D eigenvalue weighted by Gasteiger charge is -2.31. The van der Waals surface area contributed by atoms with Gasteiger partial charge in [0.1, 0.15) is 72.2 Å². The second-order valence-electron chi connectivity index (χ2n) is 26.7. The number of nitrogens with zero attached hydrogens (tertiary/aromatic N) is 4. The number of fused-ring (bicyclic) bond motifs is 4. The molecule has 1 fully saturated rings. The lowest BCUT2D eigenvalue weighted by molar-refractivity contribution is -0.146. The van der Waals surface area contributed by atoms with Crippen LogP contribution in [0.1, 0.15) is 107 Å². The maximum Gasteiger partial charge on any atom is 0.312 e. The summed E-state index contributed by atoms with van der Waals surface area (Å²) >= 11 is 8.49. The van der Waals surface area contributed by atoms with E-state index >= 15 is 4.79 Å². The quantitative estimate of drug-likeness (QED) is 0.0114. The van der Waals surface area contributed by atoms with E-state index in [-0.39, 0.29) is 107 Å². The van der Waals surface area contributed by atoms with Gasteiger partial charge in [-0.05, 0) is 94.0 Å². The number of phenolic OH excluding ortho intramolecular Hbond substituents is 1. The summed E-state index contributed by atoms with van der Waals surface area (Å²) < 4.78 is 1.20. The van der Waals surface area contributed by atoms with Crippen molar-refractivity contribution in [2.24, 2.45) is 22.9 Å². The molecule has 15 amide bonds. The summed E-state index contributed by atoms with van der Waals surface area (Å²) in [6.07, 6.45) is -4.15. The molecule has 1 saturated heterocycles. The summed E-state index contributed by atoms with van der Waals surface area (Å²) in [5, 5.41) is 90.2. The highest BCUT2D eigenvalue weighted by atomic mass is 32.1. The topological polar surface area (TPSA) is 688 Å². The Morgan fingerprint density at radius 1 is 0.681 bits per heavy atom. The number of amides is 15. The number of benzene rings is 2. The maximum atomic E-state index is 15.2. The van der Waals surface area contributed by atoms with Crippen molar-refractivity contribution >= 4 is 137 Å². The third-order valence-electron chi connectivity index (χ3n) is 18.1. The first-order valence-electron chi connectivity index (χ1n) is 36.0. The number of carbonyl (C=O) groups is 16. The summed E-state index contributed by atoms with van der Waals surface area (Å²) in [4.78, 5) is 227. The highest BCUT2D eigenvalue weighted by Crippen LogP contribution is 2.24. The number of nitrogens with one attached hydrogen (secondary N) is 15. The van der Waals surface area contributed by atoms with Crippen LogP contribution in [-0.4, -0.2) is 256 Å². The molecule has 113 heavy (non-hydrogen) atoms. The van der Waals surface area contributed by atoms with Crippen LogP contribution in [0.2, 0.25) is 0 Å². The van der Waals surface area contributed by atoms with Crippen molar-refractivity contribution < 1.29 is 97.1 Å². The molecule has 2 aromatic carbocycles. The number of carboxylic acids is 2. The van der Waals surface area contributed by atoms with Gasteiger partial charge < -0.3 is 122 Å². The fourth-order valence-electron chi connectivity index (χ4n) is 12.3. The first kappa shape index (κ1) is 90.0. The van der Waals surface area contributed by atoms with E-state index in [4.69, 9.17) is 28.3 Å². The molecule has 43 nitrogen and oxygen atoms in total. The number of aromatic amines is 1. The third-order valence-corrected chi connectivity index (χ3v) is 18.9. The van der Waals surface area contributed by atoms with Gasteiger partial charge in [0.15, 0.2) is 5.96 Å². The van der Waals surface area contributed by atoms with Crippen LogP contribution in [0.15, 0.2) is 60.9 Å². The molecule has 2 aliphatic rings. The summed E-state index contributed by atoms with van der Waals surface area (Å²) in [6.45, 7) is -0.157. The van der Waals surface area contributed by atoms with Crippen LogP contribution in [0.5, 0.6) is 5.75 Å². The molecule has 0 unspecified atom stereocenters. The number of guanidine groups is 1. The van der Waals surface area contributed by atoms with Crippen LogP contribution in [0.25, 0.3) is 10.9 Å². The Bertz CT molecular complexity index is 4090. The molecule has 2 bridgehead atoms. The Balaban J connectivity index is 1.48. The second-order valence-corrected chi connectivity index (χ2v) is 27.5. The summed E-state index contributed by atoms with van der Waals surface area (Å²) in [5.41, 5.74) is 23.1. The monoisotopic (exact) mass is 1620 g/mol. The standard InChI is InChI=1S/C68H97N23O20S2/c1-33(92)55-65(109)85-47(27-54(98)99)66(110)91-23-7-13-50(91)64(108)81-41(10-4-20-74-67(71)72)58(102)86-49(32-113)63(107)79-40(11-5-21-75-68(73)111)57(101)83-45(24-35-29-76-39-9-3-2-8-38(35)39)60(104)80-43(18-19-51(70)94)59(103)78-42(56(100)82-44(26-53(96)97)34-14-16-37(93)17-15-34)12-6-22-90-30-36(88-89-90)25-46(61(105)87-55)84-62(106)48(31-112)77-52(95)28-69/h2-3,8-9,14-17,29-30,33,40-50,55,76,92-93,112-113H,4-7,10-13,18-28,31-32,69H2,1H3,(H2,70,94)(H,77,95)(H,78,103)(H,79,107)(H,80,104)(H,81,108)(H,82,100)(H,83,101)(H,84,106)(H,85,109)(H,86,102)(H,87,105)(H,96,97)(H,98,99)(H4,71,72,74)(H3,73,75,111)/t33-,40+,41+,42-,43+,44-,45+,46+,47+,48+,49+,50+,55+/m1/s1. The summed E-state index contributed by atoms with van der Waals surface area (Å²) in [6, 6.07) is -9.21. The lowest BCUT2D eigenvalue weighted by atomic mass is 10.0. The number of aryl methyl sites for hydroxylation is 1. The van der Waals surface area contributed by atoms with Crippen molar-refractivity contribution in [3.63, 3.8) is 0 Å². The van der Waals surface area contributed by atoms with E-state index in [1.165, 1.54) is 35.1 Å². The van der Waals surface area contributed by atoms with Gasteiger partial charge in [0.05, 0.1) is 37.2 Å². The van der Waals surface area contributed by atoms with Crippen LogP contribution in [-0.2, 0) is 91.3 Å². The molecule has 13 atom stereocenters. The molecule has 4 heterocycles. The molecule has 0 saturated carbocycles. The minimum absolute atomic E-state index is 0.00267. The van der Waals surface area contributed by atoms with Crippen LogP contribution in [0.3, 0.4) is 0 Å². The van der Waals surface area contributed by atoms with Gasteiger partial charge in [-0.25, -0.2) is 4.79 Å². The van der Waals surface area contributed by atoms with Crippen molar-refractivity contribution in [3.05, 3.63) is 77.7 Å². The lowest BCUT2D eigenvalue weighted by Crippen LogP contribution is -2.62.